The SMILES string of the molecule is COC(=O)c1scc(C)c1NC(=O)c1sccc1Br. The van der Waals surface area contributed by atoms with Gasteiger partial charge in [-0.2, -0.15) is 0 Å². The summed E-state index contributed by atoms with van der Waals surface area (Å²) in [5.74, 6) is -0.688. The first-order valence-corrected chi connectivity index (χ1v) is 7.80. The smallest absolute Gasteiger partial charge is 0.350 e. The molecule has 4 nitrogen and oxygen atoms in total. The number of hydrogen-bond acceptors (Lipinski definition) is 5. The van der Waals surface area contributed by atoms with Gasteiger partial charge in [0.25, 0.3) is 5.91 Å². The Morgan fingerprint density at radius 1 is 1.32 bits per heavy atom. The molecule has 0 bridgehead atoms. The number of carbonyl (C=O) groups excluding carboxylic acids is 2. The molecule has 100 valence electrons. The van der Waals surface area contributed by atoms with Crippen LogP contribution in [-0.2, 0) is 4.74 Å². The molecule has 0 radical (unpaired) electrons. The Labute approximate surface area is 126 Å². The van der Waals surface area contributed by atoms with Crippen LogP contribution < -0.4 is 5.32 Å². The minimum Gasteiger partial charge on any atom is -0.465 e. The summed E-state index contributed by atoms with van der Waals surface area (Å²) in [6.07, 6.45) is 0. The fourth-order valence-corrected chi connectivity index (χ4v) is 3.84. The van der Waals surface area contributed by atoms with Gasteiger partial charge in [0, 0.05) is 4.47 Å². The first-order valence-electron chi connectivity index (χ1n) is 5.25. The molecule has 7 heteroatoms. The van der Waals surface area contributed by atoms with Crippen LogP contribution in [0.5, 0.6) is 0 Å². The maximum absolute atomic E-state index is 12.1. The first kappa shape index (κ1) is 14.2. The van der Waals surface area contributed by atoms with Gasteiger partial charge in [-0.3, -0.25) is 4.79 Å². The standard InChI is InChI=1S/C12H10BrNO3S2/c1-6-5-19-10(12(16)17-2)8(6)14-11(15)9-7(13)3-4-18-9/h3-5H,1-2H3,(H,14,15). The van der Waals surface area contributed by atoms with E-state index in [1.54, 1.807) is 6.07 Å². The molecule has 2 aromatic heterocycles. The number of nitrogens with one attached hydrogen (secondary N) is 1. The number of methoxy groups -OCH3 is 1. The molecule has 1 amide bonds. The molecule has 0 unspecified atom stereocenters. The molecule has 0 aliphatic rings. The Kier molecular flexibility index (Phi) is 4.38. The highest BCUT2D eigenvalue weighted by Gasteiger charge is 2.20. The van der Waals surface area contributed by atoms with Gasteiger partial charge in [0.2, 0.25) is 0 Å². The van der Waals surface area contributed by atoms with E-state index >= 15 is 0 Å². The minimum absolute atomic E-state index is 0.242. The molecule has 0 fully saturated rings. The number of ether oxygens (including phenoxy) is 1. The topological polar surface area (TPSA) is 55.4 Å². The first-order chi connectivity index (χ1) is 9.04. The zero-order chi connectivity index (χ0) is 14.0. The zero-order valence-corrected chi connectivity index (χ0v) is 13.4. The van der Waals surface area contributed by atoms with Gasteiger partial charge in [0.1, 0.15) is 9.75 Å². The summed E-state index contributed by atoms with van der Waals surface area (Å²) >= 11 is 5.90. The molecule has 0 saturated carbocycles. The van der Waals surface area contributed by atoms with Crippen LogP contribution in [0.3, 0.4) is 0 Å². The number of hydrogen-bond donors (Lipinski definition) is 1. The summed E-state index contributed by atoms with van der Waals surface area (Å²) in [5.41, 5.74) is 1.36. The fraction of sp³-hybridized carbons (Fsp3) is 0.167. The lowest BCUT2D eigenvalue weighted by Gasteiger charge is -2.06. The van der Waals surface area contributed by atoms with Gasteiger partial charge in [-0.05, 0) is 45.2 Å². The molecule has 0 aromatic carbocycles. The van der Waals surface area contributed by atoms with Gasteiger partial charge in [-0.25, -0.2) is 4.79 Å². The second-order valence-corrected chi connectivity index (χ2v) is 6.32. The van der Waals surface area contributed by atoms with Crippen molar-refractivity contribution in [1.29, 1.82) is 0 Å². The van der Waals surface area contributed by atoms with Gasteiger partial charge >= 0.3 is 5.97 Å². The number of amides is 1. The van der Waals surface area contributed by atoms with E-state index in [1.165, 1.54) is 29.8 Å². The van der Waals surface area contributed by atoms with Crippen molar-refractivity contribution in [3.05, 3.63) is 36.6 Å². The summed E-state index contributed by atoms with van der Waals surface area (Å²) in [4.78, 5) is 24.7. The molecule has 0 aliphatic heterocycles. The Hall–Kier alpha value is -1.18. The predicted octanol–water partition coefficient (Wildman–Crippen LogP) is 3.92. The van der Waals surface area contributed by atoms with Gasteiger partial charge in [0.15, 0.2) is 0 Å². The van der Waals surface area contributed by atoms with Gasteiger partial charge in [0.05, 0.1) is 12.8 Å². The second-order valence-electron chi connectivity index (χ2n) is 3.67. The summed E-state index contributed by atoms with van der Waals surface area (Å²) in [7, 11) is 1.32. The maximum Gasteiger partial charge on any atom is 0.350 e. The molecule has 0 spiro atoms. The number of aryl methyl sites for hydroxylation is 1. The van der Waals surface area contributed by atoms with Crippen molar-refractivity contribution in [3.8, 4) is 0 Å². The largest absolute Gasteiger partial charge is 0.465 e. The van der Waals surface area contributed by atoms with E-state index in [4.69, 9.17) is 4.74 Å². The molecule has 0 aliphatic carbocycles. The molecule has 2 aromatic rings. The molecule has 2 heterocycles. The highest BCUT2D eigenvalue weighted by Crippen LogP contribution is 2.30. The minimum atomic E-state index is -0.446. The summed E-state index contributed by atoms with van der Waals surface area (Å²) in [5, 5.41) is 6.40. The van der Waals surface area contributed by atoms with E-state index in [1.807, 2.05) is 17.7 Å². The molecule has 0 atom stereocenters. The third kappa shape index (κ3) is 2.88. The van der Waals surface area contributed by atoms with E-state index in [2.05, 4.69) is 21.2 Å². The van der Waals surface area contributed by atoms with E-state index in [0.29, 0.717) is 15.4 Å². The van der Waals surface area contributed by atoms with E-state index in [-0.39, 0.29) is 5.91 Å². The lowest BCUT2D eigenvalue weighted by atomic mass is 10.2. The highest BCUT2D eigenvalue weighted by atomic mass is 79.9. The van der Waals surface area contributed by atoms with Gasteiger partial charge < -0.3 is 10.1 Å². The van der Waals surface area contributed by atoms with Crippen molar-refractivity contribution in [1.82, 2.24) is 0 Å². The number of rotatable bonds is 3. The van der Waals surface area contributed by atoms with Crippen LogP contribution in [-0.4, -0.2) is 19.0 Å². The van der Waals surface area contributed by atoms with E-state index < -0.39 is 5.97 Å². The Balaban J connectivity index is 2.29. The van der Waals surface area contributed by atoms with Crippen LogP contribution in [0.25, 0.3) is 0 Å². The highest BCUT2D eigenvalue weighted by molar-refractivity contribution is 9.10. The lowest BCUT2D eigenvalue weighted by molar-refractivity contribution is 0.0607. The molecular weight excluding hydrogens is 350 g/mol. The molecule has 2 rings (SSSR count). The number of anilines is 1. The summed E-state index contributed by atoms with van der Waals surface area (Å²) in [6, 6.07) is 1.81. The van der Waals surface area contributed by atoms with Crippen molar-refractivity contribution < 1.29 is 14.3 Å². The fourth-order valence-electron chi connectivity index (χ4n) is 1.47. The van der Waals surface area contributed by atoms with Crippen molar-refractivity contribution in [2.45, 2.75) is 6.92 Å². The number of halogens is 1. The maximum atomic E-state index is 12.1. The van der Waals surface area contributed by atoms with Crippen LogP contribution in [0.1, 0.15) is 24.9 Å². The van der Waals surface area contributed by atoms with Crippen LogP contribution in [0, 0.1) is 6.92 Å². The number of thiophene rings is 2. The summed E-state index contributed by atoms with van der Waals surface area (Å²) < 4.78 is 5.44. The molecule has 0 saturated heterocycles. The van der Waals surface area contributed by atoms with Crippen molar-refractivity contribution in [2.24, 2.45) is 0 Å². The van der Waals surface area contributed by atoms with Crippen molar-refractivity contribution in [3.63, 3.8) is 0 Å². The second kappa shape index (κ2) is 5.85. The van der Waals surface area contributed by atoms with Gasteiger partial charge in [-0.15, -0.1) is 22.7 Å². The third-order valence-corrected chi connectivity index (χ3v) is 5.32. The van der Waals surface area contributed by atoms with Crippen LogP contribution >= 0.6 is 38.6 Å². The quantitative estimate of drug-likeness (QED) is 0.844. The molecular formula is C12H10BrNO3S2. The summed E-state index contributed by atoms with van der Waals surface area (Å²) in [6.45, 7) is 1.84. The van der Waals surface area contributed by atoms with Crippen LogP contribution in [0.4, 0.5) is 5.69 Å². The average Bonchev–Trinajstić information content (AvgIpc) is 2.96. The third-order valence-electron chi connectivity index (χ3n) is 2.41. The number of esters is 1. The predicted molar refractivity (Wildman–Crippen MR) is 80.4 cm³/mol. The Bertz CT molecular complexity index is 633. The molecule has 1 N–H and O–H groups in total. The van der Waals surface area contributed by atoms with Gasteiger partial charge in [-0.1, -0.05) is 0 Å². The monoisotopic (exact) mass is 359 g/mol. The zero-order valence-electron chi connectivity index (χ0n) is 10.2. The Morgan fingerprint density at radius 3 is 2.63 bits per heavy atom. The van der Waals surface area contributed by atoms with E-state index in [9.17, 15) is 9.59 Å². The molecule has 19 heavy (non-hydrogen) atoms. The van der Waals surface area contributed by atoms with Crippen molar-refractivity contribution in [2.75, 3.05) is 12.4 Å². The number of carbonyl (C=O) groups is 2. The average molecular weight is 360 g/mol. The van der Waals surface area contributed by atoms with Crippen molar-refractivity contribution >= 4 is 56.2 Å². The normalized spacial score (nSPS) is 10.3. The lowest BCUT2D eigenvalue weighted by Crippen LogP contribution is -2.14. The van der Waals surface area contributed by atoms with Crippen LogP contribution in [0.15, 0.2) is 21.3 Å². The Morgan fingerprint density at radius 2 is 2.05 bits per heavy atom. The van der Waals surface area contributed by atoms with Crippen LogP contribution in [0.2, 0.25) is 0 Å². The van der Waals surface area contributed by atoms with E-state index in [0.717, 1.165) is 10.0 Å².